The second-order valence-electron chi connectivity index (χ2n) is 9.75. The summed E-state index contributed by atoms with van der Waals surface area (Å²) in [4.78, 5) is 46.3. The normalized spacial score (nSPS) is 32.8. The van der Waals surface area contributed by atoms with Crippen molar-refractivity contribution in [3.63, 3.8) is 0 Å². The highest BCUT2D eigenvalue weighted by Gasteiger charge is 2.45. The molecule has 0 unspecified atom stereocenters. The fraction of sp³-hybridized carbons (Fsp3) is 0.864. The molecule has 0 aromatic rings. The van der Waals surface area contributed by atoms with Crippen molar-refractivity contribution in [2.45, 2.75) is 44.6 Å². The molecule has 5 fully saturated rings. The van der Waals surface area contributed by atoms with Crippen LogP contribution in [0.15, 0.2) is 0 Å². The lowest BCUT2D eigenvalue weighted by Crippen LogP contribution is -2.63. The maximum atomic E-state index is 13.2. The summed E-state index contributed by atoms with van der Waals surface area (Å²) in [5.41, 5.74) is 0. The first-order valence-corrected chi connectivity index (χ1v) is 11.8. The van der Waals surface area contributed by atoms with Crippen LogP contribution in [0.2, 0.25) is 0 Å². The number of hydrogen-bond donors (Lipinski definition) is 0. The van der Waals surface area contributed by atoms with Crippen LogP contribution in [0.25, 0.3) is 0 Å². The molecule has 0 spiro atoms. The summed E-state index contributed by atoms with van der Waals surface area (Å²) in [6.45, 7) is 6.20. The van der Waals surface area contributed by atoms with Crippen molar-refractivity contribution >= 4 is 17.8 Å². The number of likely N-dealkylation sites (tertiary alicyclic amines) is 1. The van der Waals surface area contributed by atoms with Crippen LogP contribution in [-0.2, 0) is 14.3 Å². The van der Waals surface area contributed by atoms with Crippen LogP contribution in [0.4, 0.5) is 4.79 Å². The zero-order chi connectivity index (χ0) is 20.7. The van der Waals surface area contributed by atoms with Crippen molar-refractivity contribution in [3.8, 4) is 0 Å². The molecule has 30 heavy (non-hydrogen) atoms. The molecule has 5 aliphatic rings. The van der Waals surface area contributed by atoms with E-state index in [-0.39, 0.29) is 17.9 Å². The van der Waals surface area contributed by atoms with Crippen LogP contribution in [0.1, 0.15) is 38.5 Å². The number of fused-ring (bicyclic) bond motifs is 4. The van der Waals surface area contributed by atoms with E-state index >= 15 is 0 Å². The minimum Gasteiger partial charge on any atom is -0.381 e. The second-order valence-corrected chi connectivity index (χ2v) is 9.75. The number of urea groups is 1. The zero-order valence-electron chi connectivity index (χ0n) is 17.8. The molecular weight excluding hydrogens is 384 g/mol. The summed E-state index contributed by atoms with van der Waals surface area (Å²) in [5, 5.41) is 0. The number of nitrogens with zero attached hydrogens (tertiary/aromatic N) is 4. The standard InChI is InChI=1S/C22H34N4O4/c27-20-3-1-2-19-18-12-16(14-26(19)20)13-25(15-18)22(29)24-8-6-23(7-9-24)21(28)17-4-10-30-11-5-17/h16-19H,1-15H2/t16-,18-,19-/m1/s1. The molecule has 0 aromatic carbocycles. The fourth-order valence-corrected chi connectivity index (χ4v) is 6.29. The van der Waals surface area contributed by atoms with Crippen molar-refractivity contribution in [1.29, 1.82) is 0 Å². The van der Waals surface area contributed by atoms with E-state index in [1.807, 2.05) is 14.7 Å². The van der Waals surface area contributed by atoms with Crippen molar-refractivity contribution in [2.24, 2.45) is 17.8 Å². The predicted octanol–water partition coefficient (Wildman–Crippen LogP) is 1.01. The van der Waals surface area contributed by atoms with Gasteiger partial charge in [-0.25, -0.2) is 4.79 Å². The molecule has 0 N–H and O–H groups in total. The Morgan fingerprint density at radius 3 is 2.37 bits per heavy atom. The van der Waals surface area contributed by atoms with Crippen molar-refractivity contribution in [1.82, 2.24) is 19.6 Å². The average Bonchev–Trinajstić information content (AvgIpc) is 2.79. The number of carbonyl (C=O) groups is 3. The van der Waals surface area contributed by atoms with Crippen LogP contribution in [-0.4, -0.2) is 103 Å². The Kier molecular flexibility index (Phi) is 5.60. The highest BCUT2D eigenvalue weighted by molar-refractivity contribution is 5.80. The third kappa shape index (κ3) is 3.79. The van der Waals surface area contributed by atoms with Crippen LogP contribution in [0.3, 0.4) is 0 Å². The van der Waals surface area contributed by atoms with Crippen LogP contribution in [0, 0.1) is 17.8 Å². The van der Waals surface area contributed by atoms with E-state index in [2.05, 4.69) is 4.90 Å². The number of ether oxygens (including phenoxy) is 1. The Hall–Kier alpha value is -1.83. The molecule has 2 bridgehead atoms. The lowest BCUT2D eigenvalue weighted by atomic mass is 9.76. The number of hydrogen-bond acceptors (Lipinski definition) is 4. The van der Waals surface area contributed by atoms with Gasteiger partial charge in [0.2, 0.25) is 11.8 Å². The summed E-state index contributed by atoms with van der Waals surface area (Å²) >= 11 is 0. The van der Waals surface area contributed by atoms with Gasteiger partial charge < -0.3 is 24.3 Å². The van der Waals surface area contributed by atoms with Crippen molar-refractivity contribution in [3.05, 3.63) is 0 Å². The molecule has 3 atom stereocenters. The first-order chi connectivity index (χ1) is 14.6. The third-order valence-electron chi connectivity index (χ3n) is 7.88. The van der Waals surface area contributed by atoms with Gasteiger partial charge in [0.1, 0.15) is 0 Å². The van der Waals surface area contributed by atoms with E-state index in [0.29, 0.717) is 69.6 Å². The third-order valence-corrected chi connectivity index (χ3v) is 7.88. The molecule has 5 rings (SSSR count). The van der Waals surface area contributed by atoms with Crippen molar-refractivity contribution in [2.75, 3.05) is 59.0 Å². The number of carbonyl (C=O) groups excluding carboxylic acids is 3. The Morgan fingerprint density at radius 1 is 0.867 bits per heavy atom. The quantitative estimate of drug-likeness (QED) is 0.637. The van der Waals surface area contributed by atoms with Gasteiger partial charge in [-0.2, -0.15) is 0 Å². The number of rotatable bonds is 1. The molecule has 0 aromatic heterocycles. The summed E-state index contributed by atoms with van der Waals surface area (Å²) in [6.07, 6.45) is 5.53. The van der Waals surface area contributed by atoms with Gasteiger partial charge >= 0.3 is 6.03 Å². The predicted molar refractivity (Wildman–Crippen MR) is 110 cm³/mol. The molecule has 5 saturated heterocycles. The van der Waals surface area contributed by atoms with Gasteiger partial charge in [-0.3, -0.25) is 9.59 Å². The summed E-state index contributed by atoms with van der Waals surface area (Å²) in [7, 11) is 0. The van der Waals surface area contributed by atoms with Crippen molar-refractivity contribution < 1.29 is 19.1 Å². The fourth-order valence-electron chi connectivity index (χ4n) is 6.29. The van der Waals surface area contributed by atoms with E-state index in [0.717, 1.165) is 51.7 Å². The van der Waals surface area contributed by atoms with Gasteiger partial charge in [-0.05, 0) is 43.9 Å². The van der Waals surface area contributed by atoms with E-state index in [1.54, 1.807) is 0 Å². The van der Waals surface area contributed by atoms with Crippen LogP contribution in [0.5, 0.6) is 0 Å². The van der Waals surface area contributed by atoms with Gasteiger partial charge in [-0.15, -0.1) is 0 Å². The second kappa shape index (κ2) is 8.36. The molecule has 5 heterocycles. The first kappa shape index (κ1) is 20.1. The minimum absolute atomic E-state index is 0.0867. The smallest absolute Gasteiger partial charge is 0.320 e. The molecule has 0 radical (unpaired) electrons. The summed E-state index contributed by atoms with van der Waals surface area (Å²) in [5.74, 6) is 1.46. The van der Waals surface area contributed by atoms with Crippen LogP contribution >= 0.6 is 0 Å². The Bertz CT molecular complexity index is 687. The monoisotopic (exact) mass is 418 g/mol. The number of amides is 4. The molecule has 0 aliphatic carbocycles. The van der Waals surface area contributed by atoms with Gasteiger partial charge in [-0.1, -0.05) is 0 Å². The topological polar surface area (TPSA) is 73.4 Å². The van der Waals surface area contributed by atoms with Crippen LogP contribution < -0.4 is 0 Å². The molecule has 166 valence electrons. The van der Waals surface area contributed by atoms with E-state index < -0.39 is 0 Å². The molecule has 5 aliphatic heterocycles. The van der Waals surface area contributed by atoms with E-state index in [1.165, 1.54) is 0 Å². The summed E-state index contributed by atoms with van der Waals surface area (Å²) in [6, 6.07) is 0.450. The van der Waals surface area contributed by atoms with Gasteiger partial charge in [0.25, 0.3) is 0 Å². The minimum atomic E-state index is 0.0867. The molecular formula is C22H34N4O4. The van der Waals surface area contributed by atoms with Gasteiger partial charge in [0.15, 0.2) is 0 Å². The molecule has 8 nitrogen and oxygen atoms in total. The maximum Gasteiger partial charge on any atom is 0.320 e. The number of piperazine rings is 1. The SMILES string of the molecule is O=C(C1CCOCC1)N1CCN(C(=O)N2C[C@H]3C[C@H](C2)[C@H]2CCCC(=O)N2C3)CC1. The zero-order valence-corrected chi connectivity index (χ0v) is 17.8. The highest BCUT2D eigenvalue weighted by atomic mass is 16.5. The molecule has 4 amide bonds. The molecule has 8 heteroatoms. The Labute approximate surface area is 178 Å². The molecule has 0 saturated carbocycles. The maximum absolute atomic E-state index is 13.2. The lowest BCUT2D eigenvalue weighted by Gasteiger charge is -2.53. The lowest BCUT2D eigenvalue weighted by molar-refractivity contribution is -0.144. The van der Waals surface area contributed by atoms with E-state index in [4.69, 9.17) is 4.74 Å². The van der Waals surface area contributed by atoms with E-state index in [9.17, 15) is 14.4 Å². The average molecular weight is 419 g/mol. The Morgan fingerprint density at radius 2 is 1.60 bits per heavy atom. The Balaban J connectivity index is 1.16. The largest absolute Gasteiger partial charge is 0.381 e. The van der Waals surface area contributed by atoms with Gasteiger partial charge in [0.05, 0.1) is 0 Å². The number of piperidine rings is 3. The summed E-state index contributed by atoms with van der Waals surface area (Å²) < 4.78 is 5.37. The first-order valence-electron chi connectivity index (χ1n) is 11.8. The highest BCUT2D eigenvalue weighted by Crippen LogP contribution is 2.38. The van der Waals surface area contributed by atoms with Gasteiger partial charge in [0, 0.05) is 77.4 Å².